The number of aryl methyl sites for hydroxylation is 1. The van der Waals surface area contributed by atoms with E-state index in [4.69, 9.17) is 0 Å². The zero-order chi connectivity index (χ0) is 14.4. The molecule has 2 N–H and O–H groups in total. The summed E-state index contributed by atoms with van der Waals surface area (Å²) in [5.41, 5.74) is 0.874. The van der Waals surface area contributed by atoms with Gasteiger partial charge in [-0.1, -0.05) is 25.1 Å². The van der Waals surface area contributed by atoms with E-state index in [0.717, 1.165) is 31.5 Å². The first-order chi connectivity index (χ1) is 9.63. The molecule has 1 heterocycles. The molecule has 1 aliphatic heterocycles. The summed E-state index contributed by atoms with van der Waals surface area (Å²) in [6.07, 6.45) is 4.01. The highest BCUT2D eigenvalue weighted by Gasteiger charge is 2.18. The van der Waals surface area contributed by atoms with Gasteiger partial charge in [-0.15, -0.1) is 12.4 Å². The number of piperidine rings is 1. The quantitative estimate of drug-likeness (QED) is 0.840. The Hall–Kier alpha value is -0.620. The average Bonchev–Trinajstić information content (AvgIpc) is 2.48. The van der Waals surface area contributed by atoms with E-state index in [2.05, 4.69) is 10.0 Å². The van der Waals surface area contributed by atoms with E-state index in [9.17, 15) is 8.42 Å². The van der Waals surface area contributed by atoms with E-state index in [1.54, 1.807) is 12.1 Å². The van der Waals surface area contributed by atoms with Crippen LogP contribution in [0.2, 0.25) is 0 Å². The summed E-state index contributed by atoms with van der Waals surface area (Å²) in [7, 11) is -3.37. The van der Waals surface area contributed by atoms with Crippen LogP contribution in [0.25, 0.3) is 0 Å². The molecule has 1 aromatic rings. The van der Waals surface area contributed by atoms with E-state index < -0.39 is 10.0 Å². The summed E-state index contributed by atoms with van der Waals surface area (Å²) in [6.45, 7) is 4.59. The van der Waals surface area contributed by atoms with Crippen molar-refractivity contribution < 1.29 is 8.42 Å². The third-order valence-corrected chi connectivity index (χ3v) is 5.45. The molecule has 0 bridgehead atoms. The second-order valence-corrected chi connectivity index (χ2v) is 7.10. The van der Waals surface area contributed by atoms with Crippen LogP contribution >= 0.6 is 12.4 Å². The second-order valence-electron chi connectivity index (χ2n) is 5.36. The van der Waals surface area contributed by atoms with Gasteiger partial charge in [-0.25, -0.2) is 13.1 Å². The molecule has 1 unspecified atom stereocenters. The zero-order valence-electron chi connectivity index (χ0n) is 12.5. The molecule has 1 fully saturated rings. The Morgan fingerprint density at radius 1 is 1.33 bits per heavy atom. The summed E-state index contributed by atoms with van der Waals surface area (Å²) < 4.78 is 27.4. The smallest absolute Gasteiger partial charge is 0.240 e. The molecular formula is C15H25ClN2O2S. The molecule has 2 rings (SSSR count). The topological polar surface area (TPSA) is 58.2 Å². The molecule has 0 aliphatic carbocycles. The molecule has 1 saturated heterocycles. The molecule has 1 aromatic carbocycles. The lowest BCUT2D eigenvalue weighted by Crippen LogP contribution is -2.33. The van der Waals surface area contributed by atoms with Crippen LogP contribution < -0.4 is 10.0 Å². The van der Waals surface area contributed by atoms with Crippen molar-refractivity contribution in [3.63, 3.8) is 0 Å². The molecule has 4 nitrogen and oxygen atoms in total. The van der Waals surface area contributed by atoms with Crippen LogP contribution in [0.4, 0.5) is 0 Å². The fourth-order valence-electron chi connectivity index (χ4n) is 2.70. The monoisotopic (exact) mass is 332 g/mol. The summed E-state index contributed by atoms with van der Waals surface area (Å²) in [5, 5.41) is 3.36. The van der Waals surface area contributed by atoms with Crippen molar-refractivity contribution in [3.05, 3.63) is 29.8 Å². The van der Waals surface area contributed by atoms with E-state index in [-0.39, 0.29) is 12.4 Å². The van der Waals surface area contributed by atoms with Crippen molar-refractivity contribution in [2.45, 2.75) is 37.5 Å². The molecular weight excluding hydrogens is 308 g/mol. The molecule has 0 spiro atoms. The van der Waals surface area contributed by atoms with E-state index >= 15 is 0 Å². The zero-order valence-corrected chi connectivity index (χ0v) is 14.1. The van der Waals surface area contributed by atoms with Gasteiger partial charge in [0.15, 0.2) is 0 Å². The summed E-state index contributed by atoms with van der Waals surface area (Å²) in [6, 6.07) is 7.22. The maximum absolute atomic E-state index is 12.3. The first-order valence-corrected chi connectivity index (χ1v) is 8.90. The lowest BCUT2D eigenvalue weighted by Gasteiger charge is -2.22. The molecule has 1 atom stereocenters. The molecule has 0 saturated carbocycles. The summed E-state index contributed by atoms with van der Waals surface area (Å²) in [5.74, 6) is 0.591. The number of rotatable bonds is 6. The van der Waals surface area contributed by atoms with Crippen molar-refractivity contribution in [2.75, 3.05) is 19.6 Å². The first kappa shape index (κ1) is 18.4. The second kappa shape index (κ2) is 8.73. The van der Waals surface area contributed by atoms with Crippen molar-refractivity contribution in [1.29, 1.82) is 0 Å². The van der Waals surface area contributed by atoms with Crippen LogP contribution in [-0.4, -0.2) is 28.1 Å². The maximum Gasteiger partial charge on any atom is 0.240 e. The van der Waals surface area contributed by atoms with Gasteiger partial charge in [-0.2, -0.15) is 0 Å². The first-order valence-electron chi connectivity index (χ1n) is 7.41. The van der Waals surface area contributed by atoms with Crippen molar-refractivity contribution in [1.82, 2.24) is 10.0 Å². The Bertz CT molecular complexity index is 528. The Morgan fingerprint density at radius 3 is 2.76 bits per heavy atom. The van der Waals surface area contributed by atoms with Gasteiger partial charge in [0.25, 0.3) is 0 Å². The van der Waals surface area contributed by atoms with Crippen LogP contribution in [0, 0.1) is 5.92 Å². The number of benzene rings is 1. The normalized spacial score (nSPS) is 19.0. The fourth-order valence-corrected chi connectivity index (χ4v) is 4.06. The highest BCUT2D eigenvalue weighted by atomic mass is 35.5. The fraction of sp³-hybridized carbons (Fsp3) is 0.600. The van der Waals surface area contributed by atoms with Gasteiger partial charge < -0.3 is 5.32 Å². The van der Waals surface area contributed by atoms with Gasteiger partial charge >= 0.3 is 0 Å². The summed E-state index contributed by atoms with van der Waals surface area (Å²) in [4.78, 5) is 0.421. The minimum absolute atomic E-state index is 0. The largest absolute Gasteiger partial charge is 0.316 e. The molecule has 120 valence electrons. The van der Waals surface area contributed by atoms with Gasteiger partial charge in [0.2, 0.25) is 10.0 Å². The highest BCUT2D eigenvalue weighted by molar-refractivity contribution is 7.89. The standard InChI is InChI=1S/C15H24N2O2S.ClH/c1-2-14-7-3-4-8-15(14)20(18,19)17-11-9-13-6-5-10-16-12-13;/h3-4,7-8,13,16-17H,2,5-6,9-12H2,1H3;1H. The number of halogens is 1. The molecule has 6 heteroatoms. The molecule has 0 amide bonds. The minimum Gasteiger partial charge on any atom is -0.316 e. The van der Waals surface area contributed by atoms with Gasteiger partial charge in [0.05, 0.1) is 4.90 Å². The Morgan fingerprint density at radius 2 is 2.10 bits per heavy atom. The number of hydrogen-bond donors (Lipinski definition) is 2. The Balaban J connectivity index is 0.00000220. The van der Waals surface area contributed by atoms with Crippen molar-refractivity contribution >= 4 is 22.4 Å². The SMILES string of the molecule is CCc1ccccc1S(=O)(=O)NCCC1CCCNC1.Cl. The van der Waals surface area contributed by atoms with Gasteiger partial charge in [0.1, 0.15) is 0 Å². The highest BCUT2D eigenvalue weighted by Crippen LogP contribution is 2.17. The molecule has 1 aliphatic rings. The van der Waals surface area contributed by atoms with Crippen LogP contribution in [0.15, 0.2) is 29.2 Å². The van der Waals surface area contributed by atoms with Gasteiger partial charge in [0, 0.05) is 6.54 Å². The average molecular weight is 333 g/mol. The third kappa shape index (κ3) is 5.25. The van der Waals surface area contributed by atoms with Crippen LogP contribution in [0.3, 0.4) is 0 Å². The minimum atomic E-state index is -3.37. The Labute approximate surface area is 134 Å². The van der Waals surface area contributed by atoms with Gasteiger partial charge in [-0.05, 0) is 56.3 Å². The van der Waals surface area contributed by atoms with E-state index in [1.807, 2.05) is 19.1 Å². The molecule has 0 aromatic heterocycles. The third-order valence-electron chi connectivity index (χ3n) is 3.89. The van der Waals surface area contributed by atoms with Crippen molar-refractivity contribution in [3.8, 4) is 0 Å². The number of nitrogens with one attached hydrogen (secondary N) is 2. The lowest BCUT2D eigenvalue weighted by atomic mass is 9.96. The van der Waals surface area contributed by atoms with E-state index in [1.165, 1.54) is 12.8 Å². The predicted octanol–water partition coefficient (Wildman–Crippen LogP) is 2.34. The predicted molar refractivity (Wildman–Crippen MR) is 88.5 cm³/mol. The number of sulfonamides is 1. The van der Waals surface area contributed by atoms with E-state index in [0.29, 0.717) is 17.4 Å². The van der Waals surface area contributed by atoms with Gasteiger partial charge in [-0.3, -0.25) is 0 Å². The lowest BCUT2D eigenvalue weighted by molar-refractivity contribution is 0.358. The maximum atomic E-state index is 12.3. The molecule has 21 heavy (non-hydrogen) atoms. The number of hydrogen-bond acceptors (Lipinski definition) is 3. The van der Waals surface area contributed by atoms with Crippen LogP contribution in [0.1, 0.15) is 31.7 Å². The van der Waals surface area contributed by atoms with Crippen molar-refractivity contribution in [2.24, 2.45) is 5.92 Å². The summed E-state index contributed by atoms with van der Waals surface area (Å²) >= 11 is 0. The molecule has 0 radical (unpaired) electrons. The van der Waals surface area contributed by atoms with Crippen LogP contribution in [-0.2, 0) is 16.4 Å². The van der Waals surface area contributed by atoms with Crippen LogP contribution in [0.5, 0.6) is 0 Å². The Kier molecular flexibility index (Phi) is 7.66.